The maximum atomic E-state index is 13.5. The van der Waals surface area contributed by atoms with Gasteiger partial charge in [-0.2, -0.15) is 0 Å². The molecular weight excluding hydrogens is 490 g/mol. The molecule has 1 aliphatic heterocycles. The number of benzene rings is 2. The summed E-state index contributed by atoms with van der Waals surface area (Å²) in [5.74, 6) is 0.193. The van der Waals surface area contributed by atoms with Gasteiger partial charge in [0.1, 0.15) is 11.8 Å². The number of halogens is 1. The van der Waals surface area contributed by atoms with E-state index in [-0.39, 0.29) is 18.2 Å². The lowest BCUT2D eigenvalue weighted by atomic mass is 10.1. The van der Waals surface area contributed by atoms with Crippen LogP contribution in [0.4, 0.5) is 11.4 Å². The minimum absolute atomic E-state index is 0.0223. The molecule has 6 nitrogen and oxygen atoms in total. The number of thiocarbonyl (C=S) groups is 1. The highest BCUT2D eigenvalue weighted by Gasteiger charge is 2.44. The zero-order valence-corrected chi connectivity index (χ0v) is 21.2. The summed E-state index contributed by atoms with van der Waals surface area (Å²) in [5.41, 5.74) is 2.44. The largest absolute Gasteiger partial charge is 0.497 e. The molecule has 1 aliphatic rings. The summed E-state index contributed by atoms with van der Waals surface area (Å²) < 4.78 is 5.16. The van der Waals surface area contributed by atoms with Crippen molar-refractivity contribution in [2.75, 3.05) is 23.9 Å². The van der Waals surface area contributed by atoms with E-state index in [1.165, 1.54) is 15.3 Å². The van der Waals surface area contributed by atoms with Crippen molar-refractivity contribution in [3.8, 4) is 5.75 Å². The summed E-state index contributed by atoms with van der Waals surface area (Å²) in [6, 6.07) is 15.4. The molecule has 0 saturated carbocycles. The number of ether oxygens (including phenoxy) is 1. The van der Waals surface area contributed by atoms with E-state index in [1.54, 1.807) is 67.0 Å². The van der Waals surface area contributed by atoms with Crippen LogP contribution in [0, 0.1) is 6.92 Å². The average Bonchev–Trinajstić information content (AvgIpc) is 3.32. The van der Waals surface area contributed by atoms with Gasteiger partial charge in [0.15, 0.2) is 5.11 Å². The first-order valence-electron chi connectivity index (χ1n) is 10.7. The topological polar surface area (TPSA) is 61.9 Å². The molecule has 2 heterocycles. The number of anilines is 2. The number of carbonyl (C=O) groups excluding carboxylic acids is 2. The van der Waals surface area contributed by atoms with Crippen molar-refractivity contribution in [1.82, 2.24) is 4.90 Å². The summed E-state index contributed by atoms with van der Waals surface area (Å²) in [6.07, 6.45) is 0.711. The molecular formula is C25H24ClN3O3S2. The normalized spacial score (nSPS) is 15.7. The molecule has 4 rings (SSSR count). The van der Waals surface area contributed by atoms with Crippen molar-refractivity contribution in [3.05, 3.63) is 75.4 Å². The Hall–Kier alpha value is -2.94. The summed E-state index contributed by atoms with van der Waals surface area (Å²) in [5, 5.41) is 5.80. The number of nitrogens with zero attached hydrogens (tertiary/aromatic N) is 2. The fourth-order valence-corrected chi connectivity index (χ4v) is 5.38. The van der Waals surface area contributed by atoms with Crippen LogP contribution in [0.5, 0.6) is 5.75 Å². The summed E-state index contributed by atoms with van der Waals surface area (Å²) >= 11 is 13.6. The van der Waals surface area contributed by atoms with E-state index in [0.717, 1.165) is 6.42 Å². The van der Waals surface area contributed by atoms with Crippen molar-refractivity contribution in [2.45, 2.75) is 25.8 Å². The third kappa shape index (κ3) is 5.24. The molecule has 1 atom stereocenters. The Morgan fingerprint density at radius 1 is 1.21 bits per heavy atom. The lowest BCUT2D eigenvalue weighted by Gasteiger charge is -2.24. The van der Waals surface area contributed by atoms with Crippen LogP contribution in [0.25, 0.3) is 0 Å². The van der Waals surface area contributed by atoms with Gasteiger partial charge < -0.3 is 15.0 Å². The number of amides is 2. The molecule has 2 aromatic carbocycles. The predicted octanol–water partition coefficient (Wildman–Crippen LogP) is 5.29. The lowest BCUT2D eigenvalue weighted by molar-refractivity contribution is -0.124. The monoisotopic (exact) mass is 513 g/mol. The maximum Gasteiger partial charge on any atom is 0.256 e. The molecule has 2 amide bonds. The first-order chi connectivity index (χ1) is 16.4. The Morgan fingerprint density at radius 3 is 2.62 bits per heavy atom. The number of methoxy groups -OCH3 is 1. The van der Waals surface area contributed by atoms with Crippen LogP contribution in [0.15, 0.2) is 60.0 Å². The minimum atomic E-state index is -0.704. The molecule has 0 unspecified atom stereocenters. The lowest BCUT2D eigenvalue weighted by Crippen LogP contribution is -2.39. The van der Waals surface area contributed by atoms with E-state index in [1.807, 2.05) is 4.90 Å². The fraction of sp³-hybridized carbons (Fsp3) is 0.240. The van der Waals surface area contributed by atoms with Crippen LogP contribution in [0.2, 0.25) is 5.02 Å². The highest BCUT2D eigenvalue weighted by molar-refractivity contribution is 7.80. The second-order valence-electron chi connectivity index (χ2n) is 7.90. The molecule has 176 valence electrons. The number of hydrogen-bond acceptors (Lipinski definition) is 5. The summed E-state index contributed by atoms with van der Waals surface area (Å²) in [4.78, 5) is 31.0. The summed E-state index contributed by atoms with van der Waals surface area (Å²) in [7, 11) is 1.58. The Kier molecular flexibility index (Phi) is 7.50. The Balaban J connectivity index is 1.55. The van der Waals surface area contributed by atoms with Gasteiger partial charge in [-0.1, -0.05) is 17.7 Å². The Bertz CT molecular complexity index is 1210. The van der Waals surface area contributed by atoms with Crippen LogP contribution in [-0.2, 0) is 16.0 Å². The van der Waals surface area contributed by atoms with Gasteiger partial charge in [0.2, 0.25) is 5.91 Å². The highest BCUT2D eigenvalue weighted by Crippen LogP contribution is 2.30. The van der Waals surface area contributed by atoms with Gasteiger partial charge >= 0.3 is 0 Å². The van der Waals surface area contributed by atoms with Crippen molar-refractivity contribution in [2.24, 2.45) is 0 Å². The van der Waals surface area contributed by atoms with Crippen LogP contribution < -0.4 is 15.0 Å². The molecule has 0 bridgehead atoms. The second kappa shape index (κ2) is 10.5. The molecule has 1 saturated heterocycles. The SMILES string of the molecule is COc1ccc(NC(=O)C[C@H]2C(=O)N(c3cccc(Cl)c3)C(=S)N2CCc2sccc2C)cc1. The number of hydrogen-bond donors (Lipinski definition) is 1. The van der Waals surface area contributed by atoms with Crippen molar-refractivity contribution < 1.29 is 14.3 Å². The molecule has 1 N–H and O–H groups in total. The Labute approximate surface area is 213 Å². The van der Waals surface area contributed by atoms with Gasteiger partial charge in [-0.25, -0.2) is 0 Å². The quantitative estimate of drug-likeness (QED) is 0.414. The van der Waals surface area contributed by atoms with Crippen LogP contribution in [0.1, 0.15) is 16.9 Å². The zero-order valence-electron chi connectivity index (χ0n) is 18.8. The number of carbonyl (C=O) groups is 2. The first-order valence-corrected chi connectivity index (χ1v) is 12.4. The number of thiophene rings is 1. The van der Waals surface area contributed by atoms with Crippen LogP contribution in [0.3, 0.4) is 0 Å². The van der Waals surface area contributed by atoms with E-state index in [0.29, 0.717) is 33.8 Å². The van der Waals surface area contributed by atoms with Gasteiger partial charge in [0.05, 0.1) is 19.2 Å². The zero-order chi connectivity index (χ0) is 24.2. The predicted molar refractivity (Wildman–Crippen MR) is 141 cm³/mol. The standard InChI is InChI=1S/C25H24ClN3O3S2/c1-16-11-13-34-22(16)10-12-28-21(15-23(30)27-18-6-8-20(32-2)9-7-18)24(31)29(25(28)33)19-5-3-4-17(26)14-19/h3-9,11,13-14,21H,10,12,15H2,1-2H3,(H,27,30)/t21-/m0/s1. The molecule has 0 aliphatic carbocycles. The average molecular weight is 514 g/mol. The second-order valence-corrected chi connectivity index (χ2v) is 9.71. The van der Waals surface area contributed by atoms with Gasteiger partial charge in [0, 0.05) is 22.1 Å². The van der Waals surface area contributed by atoms with E-state index < -0.39 is 6.04 Å². The van der Waals surface area contributed by atoms with Crippen molar-refractivity contribution in [1.29, 1.82) is 0 Å². The van der Waals surface area contributed by atoms with Gasteiger partial charge in [-0.15, -0.1) is 11.3 Å². The molecule has 0 spiro atoms. The summed E-state index contributed by atoms with van der Waals surface area (Å²) in [6.45, 7) is 2.60. The number of nitrogens with one attached hydrogen (secondary N) is 1. The molecule has 1 aromatic heterocycles. The van der Waals surface area contributed by atoms with Gasteiger partial charge in [0.25, 0.3) is 5.91 Å². The van der Waals surface area contributed by atoms with Gasteiger partial charge in [-0.3, -0.25) is 14.5 Å². The molecule has 34 heavy (non-hydrogen) atoms. The van der Waals surface area contributed by atoms with Gasteiger partial charge in [-0.05, 0) is 85.0 Å². The first kappa shape index (κ1) is 24.2. The molecule has 0 radical (unpaired) electrons. The Morgan fingerprint density at radius 2 is 1.97 bits per heavy atom. The third-order valence-electron chi connectivity index (χ3n) is 5.69. The van der Waals surface area contributed by atoms with Crippen molar-refractivity contribution >= 4 is 63.5 Å². The smallest absolute Gasteiger partial charge is 0.256 e. The maximum absolute atomic E-state index is 13.5. The third-order valence-corrected chi connectivity index (χ3v) is 7.42. The van der Waals surface area contributed by atoms with E-state index in [2.05, 4.69) is 23.7 Å². The van der Waals surface area contributed by atoms with Crippen LogP contribution >= 0.6 is 35.2 Å². The highest BCUT2D eigenvalue weighted by atomic mass is 35.5. The molecule has 3 aromatic rings. The number of rotatable bonds is 8. The molecule has 9 heteroatoms. The van der Waals surface area contributed by atoms with E-state index in [9.17, 15) is 9.59 Å². The van der Waals surface area contributed by atoms with E-state index >= 15 is 0 Å². The van der Waals surface area contributed by atoms with Crippen molar-refractivity contribution in [3.63, 3.8) is 0 Å². The molecule has 1 fully saturated rings. The number of aryl methyl sites for hydroxylation is 1. The fourth-order valence-electron chi connectivity index (χ4n) is 3.88. The minimum Gasteiger partial charge on any atom is -0.497 e. The van der Waals surface area contributed by atoms with E-state index in [4.69, 9.17) is 28.6 Å². The van der Waals surface area contributed by atoms with Crippen LogP contribution in [-0.4, -0.2) is 41.5 Å².